The van der Waals surface area contributed by atoms with Crippen LogP contribution in [0.4, 0.5) is 10.8 Å². The summed E-state index contributed by atoms with van der Waals surface area (Å²) < 4.78 is 33.3. The lowest BCUT2D eigenvalue weighted by atomic mass is 10.2. The summed E-state index contributed by atoms with van der Waals surface area (Å²) in [6.07, 6.45) is 0. The van der Waals surface area contributed by atoms with Crippen molar-refractivity contribution in [2.24, 2.45) is 0 Å². The van der Waals surface area contributed by atoms with E-state index < -0.39 is 10.0 Å². The Morgan fingerprint density at radius 1 is 1.15 bits per heavy atom. The summed E-state index contributed by atoms with van der Waals surface area (Å²) in [4.78, 5) is 15.5. The minimum Gasteiger partial charge on any atom is -0.495 e. The fourth-order valence-corrected chi connectivity index (χ4v) is 4.57. The summed E-state index contributed by atoms with van der Waals surface area (Å²) in [7, 11) is -2.58. The third-order valence-corrected chi connectivity index (χ3v) is 5.82. The first-order valence-electron chi connectivity index (χ1n) is 7.88. The highest BCUT2D eigenvalue weighted by Crippen LogP contribution is 2.31. The first-order chi connectivity index (χ1) is 12.9. The molecule has 0 bridgehead atoms. The number of thiazole rings is 1. The molecule has 1 amide bonds. The van der Waals surface area contributed by atoms with E-state index in [1.807, 2.05) is 30.3 Å². The number of hydrogen-bond donors (Lipinski definition) is 2. The third-order valence-electron chi connectivity index (χ3n) is 3.57. The average molecular weight is 403 g/mol. The van der Waals surface area contributed by atoms with Gasteiger partial charge >= 0.3 is 0 Å². The van der Waals surface area contributed by atoms with E-state index in [0.717, 1.165) is 5.56 Å². The van der Waals surface area contributed by atoms with Crippen LogP contribution in [0.15, 0.2) is 58.8 Å². The SMILES string of the molecule is COc1ccc(NC(C)=O)cc1S(=O)(=O)Nc1nc(-c2ccccc2)cs1. The number of aromatic nitrogens is 1. The maximum absolute atomic E-state index is 12.8. The van der Waals surface area contributed by atoms with Crippen molar-refractivity contribution in [2.45, 2.75) is 11.8 Å². The largest absolute Gasteiger partial charge is 0.495 e. The van der Waals surface area contributed by atoms with E-state index in [2.05, 4.69) is 15.0 Å². The van der Waals surface area contributed by atoms with Gasteiger partial charge in [-0.3, -0.25) is 9.52 Å². The molecule has 1 heterocycles. The van der Waals surface area contributed by atoms with Crippen LogP contribution >= 0.6 is 11.3 Å². The zero-order chi connectivity index (χ0) is 19.4. The van der Waals surface area contributed by atoms with Crippen LogP contribution in [0.3, 0.4) is 0 Å². The van der Waals surface area contributed by atoms with Crippen molar-refractivity contribution < 1.29 is 17.9 Å². The fourth-order valence-electron chi connectivity index (χ4n) is 2.40. The molecule has 0 unspecified atom stereocenters. The van der Waals surface area contributed by atoms with Crippen LogP contribution in [0, 0.1) is 0 Å². The number of ether oxygens (including phenoxy) is 1. The van der Waals surface area contributed by atoms with Gasteiger partial charge in [-0.25, -0.2) is 13.4 Å². The molecule has 0 fully saturated rings. The fraction of sp³-hybridized carbons (Fsp3) is 0.111. The molecular weight excluding hydrogens is 386 g/mol. The number of anilines is 2. The number of methoxy groups -OCH3 is 1. The van der Waals surface area contributed by atoms with Gasteiger partial charge in [-0.1, -0.05) is 30.3 Å². The van der Waals surface area contributed by atoms with Crippen molar-refractivity contribution in [1.82, 2.24) is 4.98 Å². The molecule has 7 nitrogen and oxygen atoms in total. The molecule has 2 aromatic carbocycles. The summed E-state index contributed by atoms with van der Waals surface area (Å²) in [5, 5.41) is 4.57. The molecule has 0 spiro atoms. The second-order valence-corrected chi connectivity index (χ2v) is 8.07. The lowest BCUT2D eigenvalue weighted by Crippen LogP contribution is -2.15. The van der Waals surface area contributed by atoms with Gasteiger partial charge in [-0.05, 0) is 18.2 Å². The first-order valence-corrected chi connectivity index (χ1v) is 10.2. The molecule has 3 aromatic rings. The van der Waals surface area contributed by atoms with Gasteiger partial charge in [0.15, 0.2) is 5.13 Å². The predicted molar refractivity (Wildman–Crippen MR) is 106 cm³/mol. The zero-order valence-corrected chi connectivity index (χ0v) is 16.2. The van der Waals surface area contributed by atoms with E-state index in [1.165, 1.54) is 37.5 Å². The molecule has 2 N–H and O–H groups in total. The number of carbonyl (C=O) groups is 1. The monoisotopic (exact) mass is 403 g/mol. The number of carbonyl (C=O) groups excluding carboxylic acids is 1. The zero-order valence-electron chi connectivity index (χ0n) is 14.6. The summed E-state index contributed by atoms with van der Waals surface area (Å²) >= 11 is 1.18. The number of nitrogens with zero attached hydrogens (tertiary/aromatic N) is 1. The summed E-state index contributed by atoms with van der Waals surface area (Å²) in [6, 6.07) is 13.9. The summed E-state index contributed by atoms with van der Waals surface area (Å²) in [5.74, 6) is -0.139. The lowest BCUT2D eigenvalue weighted by molar-refractivity contribution is -0.114. The maximum Gasteiger partial charge on any atom is 0.267 e. The number of benzene rings is 2. The van der Waals surface area contributed by atoms with Gasteiger partial charge in [0, 0.05) is 23.6 Å². The normalized spacial score (nSPS) is 11.0. The Hall–Kier alpha value is -2.91. The number of amides is 1. The van der Waals surface area contributed by atoms with Gasteiger partial charge in [0.25, 0.3) is 10.0 Å². The predicted octanol–water partition coefficient (Wildman–Crippen LogP) is 3.58. The second-order valence-electron chi connectivity index (χ2n) is 5.56. The van der Waals surface area contributed by atoms with Gasteiger partial charge in [0.2, 0.25) is 5.91 Å². The van der Waals surface area contributed by atoms with E-state index in [4.69, 9.17) is 4.74 Å². The molecule has 140 valence electrons. The molecule has 0 saturated heterocycles. The lowest BCUT2D eigenvalue weighted by Gasteiger charge is -2.12. The van der Waals surface area contributed by atoms with E-state index in [0.29, 0.717) is 11.4 Å². The van der Waals surface area contributed by atoms with Crippen molar-refractivity contribution in [3.8, 4) is 17.0 Å². The van der Waals surface area contributed by atoms with Gasteiger partial charge in [-0.15, -0.1) is 11.3 Å². The highest BCUT2D eigenvalue weighted by Gasteiger charge is 2.22. The van der Waals surface area contributed by atoms with Crippen LogP contribution in [0.5, 0.6) is 5.75 Å². The number of rotatable bonds is 6. The van der Waals surface area contributed by atoms with Crippen molar-refractivity contribution in [1.29, 1.82) is 0 Å². The van der Waals surface area contributed by atoms with Crippen molar-refractivity contribution >= 4 is 38.1 Å². The third kappa shape index (κ3) is 4.44. The minimum absolute atomic E-state index is 0.0901. The van der Waals surface area contributed by atoms with Crippen LogP contribution in [0.1, 0.15) is 6.92 Å². The first kappa shape index (κ1) is 18.9. The van der Waals surface area contributed by atoms with Crippen molar-refractivity contribution in [3.05, 3.63) is 53.9 Å². The molecule has 0 radical (unpaired) electrons. The standard InChI is InChI=1S/C18H17N3O4S2/c1-12(22)19-14-8-9-16(25-2)17(10-14)27(23,24)21-18-20-15(11-26-18)13-6-4-3-5-7-13/h3-11H,1-2H3,(H,19,22)(H,20,21). The Labute approximate surface area is 161 Å². The Balaban J connectivity index is 1.91. The van der Waals surface area contributed by atoms with Crippen LogP contribution in [-0.4, -0.2) is 26.4 Å². The van der Waals surface area contributed by atoms with Gasteiger partial charge in [0.05, 0.1) is 12.8 Å². The van der Waals surface area contributed by atoms with E-state index in [1.54, 1.807) is 11.4 Å². The molecular formula is C18H17N3O4S2. The topological polar surface area (TPSA) is 97.4 Å². The molecule has 1 aromatic heterocycles. The smallest absolute Gasteiger partial charge is 0.267 e. The van der Waals surface area contributed by atoms with Crippen LogP contribution < -0.4 is 14.8 Å². The quantitative estimate of drug-likeness (QED) is 0.656. The van der Waals surface area contributed by atoms with E-state index in [9.17, 15) is 13.2 Å². The van der Waals surface area contributed by atoms with E-state index in [-0.39, 0.29) is 21.7 Å². The summed E-state index contributed by atoms with van der Waals surface area (Å²) in [5.41, 5.74) is 1.93. The molecule has 0 saturated carbocycles. The molecule has 0 atom stereocenters. The Bertz CT molecular complexity index is 1060. The number of sulfonamides is 1. The number of nitrogens with one attached hydrogen (secondary N) is 2. The second kappa shape index (κ2) is 7.77. The molecule has 0 aliphatic carbocycles. The van der Waals surface area contributed by atoms with Crippen LogP contribution in [0.2, 0.25) is 0 Å². The van der Waals surface area contributed by atoms with Gasteiger partial charge in [0.1, 0.15) is 10.6 Å². The molecule has 0 aliphatic heterocycles. The molecule has 9 heteroatoms. The summed E-state index contributed by atoms with van der Waals surface area (Å²) in [6.45, 7) is 1.34. The highest BCUT2D eigenvalue weighted by molar-refractivity contribution is 7.93. The Kier molecular flexibility index (Phi) is 5.43. The highest BCUT2D eigenvalue weighted by atomic mass is 32.2. The number of hydrogen-bond acceptors (Lipinski definition) is 6. The van der Waals surface area contributed by atoms with Gasteiger partial charge in [-0.2, -0.15) is 0 Å². The van der Waals surface area contributed by atoms with Crippen LogP contribution in [-0.2, 0) is 14.8 Å². The minimum atomic E-state index is -3.96. The van der Waals surface area contributed by atoms with Crippen molar-refractivity contribution in [3.63, 3.8) is 0 Å². The maximum atomic E-state index is 12.8. The molecule has 27 heavy (non-hydrogen) atoms. The van der Waals surface area contributed by atoms with Crippen LogP contribution in [0.25, 0.3) is 11.3 Å². The molecule has 3 rings (SSSR count). The Morgan fingerprint density at radius 3 is 2.56 bits per heavy atom. The molecule has 0 aliphatic rings. The van der Waals surface area contributed by atoms with E-state index >= 15 is 0 Å². The average Bonchev–Trinajstić information content (AvgIpc) is 3.09. The van der Waals surface area contributed by atoms with Crippen molar-refractivity contribution in [2.75, 3.05) is 17.1 Å². The van der Waals surface area contributed by atoms with Gasteiger partial charge < -0.3 is 10.1 Å². The Morgan fingerprint density at radius 2 is 1.89 bits per heavy atom.